The van der Waals surface area contributed by atoms with Crippen molar-refractivity contribution in [3.05, 3.63) is 23.8 Å². The molecule has 0 bridgehead atoms. The second kappa shape index (κ2) is 16.9. The number of anilines is 1. The van der Waals surface area contributed by atoms with Crippen molar-refractivity contribution in [2.24, 2.45) is 11.8 Å². The Kier molecular flexibility index (Phi) is 13.6. The first-order valence-corrected chi connectivity index (χ1v) is 16.2. The van der Waals surface area contributed by atoms with Crippen LogP contribution in [0.5, 0.6) is 5.75 Å². The molecule has 1 aromatic carbocycles. The highest BCUT2D eigenvalue weighted by Gasteiger charge is 2.32. The van der Waals surface area contributed by atoms with Crippen molar-refractivity contribution in [3.8, 4) is 5.75 Å². The van der Waals surface area contributed by atoms with Crippen molar-refractivity contribution in [1.29, 1.82) is 0 Å². The van der Waals surface area contributed by atoms with Gasteiger partial charge in [0.25, 0.3) is 5.91 Å². The van der Waals surface area contributed by atoms with Gasteiger partial charge in [-0.05, 0) is 78.0 Å². The zero-order chi connectivity index (χ0) is 31.5. The lowest BCUT2D eigenvalue weighted by Crippen LogP contribution is -2.48. The molecule has 3 rings (SSSR count). The minimum atomic E-state index is -0.476. The van der Waals surface area contributed by atoms with Crippen molar-refractivity contribution < 1.29 is 29.0 Å². The molecule has 1 aromatic rings. The maximum atomic E-state index is 14.2. The topological polar surface area (TPSA) is 120 Å². The monoisotopic (exact) mass is 602 g/mol. The molecule has 1 aliphatic carbocycles. The van der Waals surface area contributed by atoms with E-state index in [2.05, 4.69) is 10.6 Å². The Bertz CT molecular complexity index is 1060. The second-order valence-electron chi connectivity index (χ2n) is 12.8. The Morgan fingerprint density at radius 3 is 2.44 bits per heavy atom. The third-order valence-electron chi connectivity index (χ3n) is 8.51. The highest BCUT2D eigenvalue weighted by Crippen LogP contribution is 2.29. The molecule has 4 amide bonds. The van der Waals surface area contributed by atoms with E-state index in [4.69, 9.17) is 9.47 Å². The molecule has 4 atom stereocenters. The molecule has 3 N–H and O–H groups in total. The largest absolute Gasteiger partial charge is 0.490 e. The van der Waals surface area contributed by atoms with Crippen LogP contribution in [-0.4, -0.2) is 90.4 Å². The van der Waals surface area contributed by atoms with Crippen LogP contribution in [0.2, 0.25) is 0 Å². The van der Waals surface area contributed by atoms with Crippen LogP contribution in [0, 0.1) is 11.8 Å². The Labute approximate surface area is 257 Å². The fourth-order valence-electron chi connectivity index (χ4n) is 5.91. The molecule has 0 saturated heterocycles. The quantitative estimate of drug-likeness (QED) is 0.402. The van der Waals surface area contributed by atoms with Gasteiger partial charge in [-0.1, -0.05) is 26.2 Å². The fraction of sp³-hybridized carbons (Fsp3) is 0.727. The maximum absolute atomic E-state index is 14.2. The summed E-state index contributed by atoms with van der Waals surface area (Å²) in [6.45, 7) is 10.7. The molecule has 1 aliphatic heterocycles. The van der Waals surface area contributed by atoms with Gasteiger partial charge in [0.2, 0.25) is 5.91 Å². The second-order valence-corrected chi connectivity index (χ2v) is 12.8. The maximum Gasteiger partial charge on any atom is 0.319 e. The van der Waals surface area contributed by atoms with Crippen LogP contribution in [0.4, 0.5) is 10.5 Å². The predicted octanol–water partition coefficient (Wildman–Crippen LogP) is 5.05. The number of benzene rings is 1. The Morgan fingerprint density at radius 2 is 1.77 bits per heavy atom. The van der Waals surface area contributed by atoms with Crippen LogP contribution >= 0.6 is 0 Å². The van der Waals surface area contributed by atoms with Crippen LogP contribution in [0.15, 0.2) is 18.2 Å². The molecular formula is C33H54N4O6. The average Bonchev–Trinajstić information content (AvgIpc) is 2.98. The van der Waals surface area contributed by atoms with Crippen LogP contribution in [0.1, 0.15) is 96.3 Å². The van der Waals surface area contributed by atoms with Crippen molar-refractivity contribution in [3.63, 3.8) is 0 Å². The zero-order valence-corrected chi connectivity index (χ0v) is 27.1. The summed E-state index contributed by atoms with van der Waals surface area (Å²) in [5, 5.41) is 15.8. The first kappa shape index (κ1) is 34.6. The van der Waals surface area contributed by atoms with Gasteiger partial charge < -0.3 is 35.0 Å². The summed E-state index contributed by atoms with van der Waals surface area (Å²) in [5.41, 5.74) is 0.789. The number of fused-ring (bicyclic) bond motifs is 1. The van der Waals surface area contributed by atoms with Crippen LogP contribution in [-0.2, 0) is 9.53 Å². The number of ether oxygens (including phenoxy) is 2. The van der Waals surface area contributed by atoms with Gasteiger partial charge in [0.15, 0.2) is 0 Å². The number of likely N-dealkylation sites (N-methyl/N-ethyl adjacent to an activating group) is 1. The average molecular weight is 603 g/mol. The smallest absolute Gasteiger partial charge is 0.319 e. The van der Waals surface area contributed by atoms with Gasteiger partial charge >= 0.3 is 6.03 Å². The lowest BCUT2D eigenvalue weighted by Gasteiger charge is -2.36. The number of rotatable bonds is 7. The summed E-state index contributed by atoms with van der Waals surface area (Å²) >= 11 is 0. The molecule has 242 valence electrons. The molecule has 1 fully saturated rings. The number of carbonyl (C=O) groups excluding carboxylic acids is 3. The molecule has 10 nitrogen and oxygen atoms in total. The number of carbonyl (C=O) groups is 3. The van der Waals surface area contributed by atoms with E-state index >= 15 is 0 Å². The molecule has 1 saturated carbocycles. The zero-order valence-electron chi connectivity index (χ0n) is 27.1. The van der Waals surface area contributed by atoms with Gasteiger partial charge in [-0.25, -0.2) is 4.79 Å². The van der Waals surface area contributed by atoms with Gasteiger partial charge in [0.1, 0.15) is 5.75 Å². The third-order valence-corrected chi connectivity index (χ3v) is 8.51. The normalized spacial score (nSPS) is 23.5. The van der Waals surface area contributed by atoms with Gasteiger partial charge in [-0.3, -0.25) is 9.59 Å². The van der Waals surface area contributed by atoms with Gasteiger partial charge in [0.05, 0.1) is 30.4 Å². The van der Waals surface area contributed by atoms with Crippen LogP contribution in [0.3, 0.4) is 0 Å². The number of amides is 4. The van der Waals surface area contributed by atoms with E-state index in [0.29, 0.717) is 36.7 Å². The highest BCUT2D eigenvalue weighted by molar-refractivity contribution is 5.99. The number of hydrogen-bond donors (Lipinski definition) is 3. The van der Waals surface area contributed by atoms with E-state index in [0.717, 1.165) is 44.9 Å². The van der Waals surface area contributed by atoms with Crippen molar-refractivity contribution >= 4 is 23.5 Å². The van der Waals surface area contributed by atoms with Crippen LogP contribution < -0.4 is 15.4 Å². The number of urea groups is 1. The van der Waals surface area contributed by atoms with Gasteiger partial charge in [-0.15, -0.1) is 0 Å². The van der Waals surface area contributed by atoms with Crippen molar-refractivity contribution in [2.45, 2.75) is 110 Å². The minimum absolute atomic E-state index is 0.0438. The van der Waals surface area contributed by atoms with E-state index in [1.165, 1.54) is 6.42 Å². The molecule has 2 aliphatic rings. The Balaban J connectivity index is 1.90. The highest BCUT2D eigenvalue weighted by atomic mass is 16.5. The molecule has 1 heterocycles. The molecule has 0 radical (unpaired) electrons. The third kappa shape index (κ3) is 10.4. The number of nitrogens with zero attached hydrogens (tertiary/aromatic N) is 2. The summed E-state index contributed by atoms with van der Waals surface area (Å²) in [6.07, 6.45) is 7.38. The van der Waals surface area contributed by atoms with Crippen molar-refractivity contribution in [2.75, 3.05) is 38.7 Å². The molecule has 43 heavy (non-hydrogen) atoms. The minimum Gasteiger partial charge on any atom is -0.490 e. The van der Waals surface area contributed by atoms with Crippen molar-refractivity contribution in [1.82, 2.24) is 15.1 Å². The first-order valence-electron chi connectivity index (χ1n) is 16.2. The van der Waals surface area contributed by atoms with E-state index in [1.807, 2.05) is 46.6 Å². The molecule has 0 spiro atoms. The SMILES string of the molecule is CC(C)NC(=O)Nc1ccc2c(c1)C(=O)N([C@H](C)CO)C[C@@H](C)[C@@H](CN(C)C(=O)C1CCCCC1)OCCCC[C@@H](C)O2. The van der Waals surface area contributed by atoms with Gasteiger partial charge in [0, 0.05) is 50.3 Å². The Hall–Kier alpha value is -2.85. The fourth-order valence-corrected chi connectivity index (χ4v) is 5.91. The molecule has 0 unspecified atom stereocenters. The molecule has 10 heteroatoms. The number of aliphatic hydroxyl groups excluding tert-OH is 1. The van der Waals surface area contributed by atoms with Gasteiger partial charge in [-0.2, -0.15) is 0 Å². The van der Waals surface area contributed by atoms with E-state index in [9.17, 15) is 19.5 Å². The summed E-state index contributed by atoms with van der Waals surface area (Å²) in [4.78, 5) is 43.4. The lowest BCUT2D eigenvalue weighted by atomic mass is 9.88. The van der Waals surface area contributed by atoms with E-state index in [-0.39, 0.29) is 54.5 Å². The number of aliphatic hydroxyl groups is 1. The summed E-state index contributed by atoms with van der Waals surface area (Å²) in [7, 11) is 1.86. The summed E-state index contributed by atoms with van der Waals surface area (Å²) in [6, 6.07) is 4.21. The summed E-state index contributed by atoms with van der Waals surface area (Å²) in [5.74, 6) is 0.268. The Morgan fingerprint density at radius 1 is 1.07 bits per heavy atom. The van der Waals surface area contributed by atoms with E-state index in [1.54, 1.807) is 23.1 Å². The molecule has 0 aromatic heterocycles. The molecular weight excluding hydrogens is 548 g/mol. The standard InChI is InChI=1S/C33H54N4O6/c1-22(2)34-33(41)35-27-15-16-29-28(18-27)32(40)37(24(4)21-38)19-23(3)30(42-17-11-10-12-25(5)43-29)20-36(6)31(39)26-13-8-7-9-14-26/h15-16,18,22-26,30,38H,7-14,17,19-21H2,1-6H3,(H2,34,35,41)/t23-,24-,25-,30-/m1/s1. The van der Waals surface area contributed by atoms with E-state index < -0.39 is 6.04 Å². The summed E-state index contributed by atoms with van der Waals surface area (Å²) < 4.78 is 12.7. The van der Waals surface area contributed by atoms with Crippen LogP contribution in [0.25, 0.3) is 0 Å². The number of nitrogens with one attached hydrogen (secondary N) is 2. The predicted molar refractivity (Wildman–Crippen MR) is 168 cm³/mol. The lowest BCUT2D eigenvalue weighted by molar-refractivity contribution is -0.137. The first-order chi connectivity index (χ1) is 20.5. The number of hydrogen-bond acceptors (Lipinski definition) is 6.